The van der Waals surface area contributed by atoms with Crippen LogP contribution in [0.4, 0.5) is 0 Å². The first-order chi connectivity index (χ1) is 20.6. The van der Waals surface area contributed by atoms with Gasteiger partial charge in [-0.3, -0.25) is 0 Å². The fourth-order valence-corrected chi connectivity index (χ4v) is 7.84. The van der Waals surface area contributed by atoms with E-state index in [1.165, 1.54) is 237 Å². The Labute approximate surface area is 283 Å². The van der Waals surface area contributed by atoms with E-state index in [9.17, 15) is 0 Å². The van der Waals surface area contributed by atoms with Crippen molar-refractivity contribution in [3.63, 3.8) is 0 Å². The van der Waals surface area contributed by atoms with Crippen molar-refractivity contribution in [2.75, 3.05) is 26.2 Å². The maximum absolute atomic E-state index is 2.48. The normalized spacial score (nSPS) is 11.7. The molecular weight excluding hydrogens is 559 g/mol. The monoisotopic (exact) mass is 645 g/mol. The predicted molar refractivity (Wildman–Crippen MR) is 201 cm³/mol. The second-order valence-corrected chi connectivity index (χ2v) is 20.4. The van der Waals surface area contributed by atoms with Gasteiger partial charge in [0.25, 0.3) is 0 Å². The van der Waals surface area contributed by atoms with Gasteiger partial charge in [-0.15, -0.1) is 0 Å². The van der Waals surface area contributed by atoms with Crippen LogP contribution in [0.1, 0.15) is 238 Å². The van der Waals surface area contributed by atoms with Crippen LogP contribution < -0.4 is 12.4 Å². The fourth-order valence-electron chi connectivity index (χ4n) is 6.67. The van der Waals surface area contributed by atoms with Crippen LogP contribution >= 0.6 is 7.26 Å². The van der Waals surface area contributed by atoms with Crippen LogP contribution in [0.2, 0.25) is 0 Å². The van der Waals surface area contributed by atoms with Gasteiger partial charge in [-0.25, -0.2) is 0 Å². The molecule has 0 heterocycles. The standard InChI is InChI=1S/C41H86P.ClH/c1-5-6-7-8-9-10-11-12-13-14-15-16-17-18-19-20-21-22-23-24-25-26-27-28-29-30-31-32-33-34-35-36-37-38-39-40-41-42(2,3)4;/h5-41H2,1-4H3;1H/q+1;/p-1. The number of halogens is 1. The summed E-state index contributed by atoms with van der Waals surface area (Å²) in [5, 5.41) is 0. The predicted octanol–water partition coefficient (Wildman–Crippen LogP) is 13.0. The molecule has 262 valence electrons. The summed E-state index contributed by atoms with van der Waals surface area (Å²) in [4.78, 5) is 0. The Balaban J connectivity index is 0. The summed E-state index contributed by atoms with van der Waals surface area (Å²) in [6, 6.07) is 0. The molecular formula is C41H86ClP. The minimum absolute atomic E-state index is 0. The first kappa shape index (κ1) is 45.8. The SMILES string of the molecule is CCCCCCCCCCCCCCCCCCCCCCCCCCCCCCCCCCCCCC[P+](C)(C)C.[Cl-]. The lowest BCUT2D eigenvalue weighted by atomic mass is 10.0. The van der Waals surface area contributed by atoms with Gasteiger partial charge in [-0.1, -0.05) is 225 Å². The number of unbranched alkanes of at least 4 members (excludes halogenated alkanes) is 35. The summed E-state index contributed by atoms with van der Waals surface area (Å²) < 4.78 is 0. The quantitative estimate of drug-likeness (QED) is 0.0466. The van der Waals surface area contributed by atoms with Crippen molar-refractivity contribution in [1.82, 2.24) is 0 Å². The zero-order valence-electron chi connectivity index (χ0n) is 31.0. The molecule has 0 aliphatic rings. The number of hydrogen-bond acceptors (Lipinski definition) is 0. The number of rotatable bonds is 37. The van der Waals surface area contributed by atoms with Gasteiger partial charge in [0.2, 0.25) is 0 Å². The Morgan fingerprint density at radius 3 is 0.512 bits per heavy atom. The molecule has 0 amide bonds. The van der Waals surface area contributed by atoms with Crippen LogP contribution in [0.5, 0.6) is 0 Å². The van der Waals surface area contributed by atoms with Crippen molar-refractivity contribution in [2.24, 2.45) is 0 Å². The molecule has 0 unspecified atom stereocenters. The van der Waals surface area contributed by atoms with E-state index >= 15 is 0 Å². The second kappa shape index (κ2) is 38.9. The average molecular weight is 646 g/mol. The molecule has 0 bridgehead atoms. The maximum atomic E-state index is 2.48. The van der Waals surface area contributed by atoms with Crippen LogP contribution in [0.15, 0.2) is 0 Å². The van der Waals surface area contributed by atoms with Gasteiger partial charge >= 0.3 is 0 Å². The topological polar surface area (TPSA) is 0 Å². The molecule has 0 aliphatic carbocycles. The van der Waals surface area contributed by atoms with Crippen LogP contribution in [0.3, 0.4) is 0 Å². The zero-order chi connectivity index (χ0) is 30.7. The lowest BCUT2D eigenvalue weighted by Gasteiger charge is -2.10. The van der Waals surface area contributed by atoms with Crippen molar-refractivity contribution in [1.29, 1.82) is 0 Å². The summed E-state index contributed by atoms with van der Waals surface area (Å²) in [5.41, 5.74) is 0. The molecule has 0 aromatic heterocycles. The minimum atomic E-state index is -0.521. The molecule has 0 nitrogen and oxygen atoms in total. The highest BCUT2D eigenvalue weighted by atomic mass is 35.5. The maximum Gasteiger partial charge on any atom is 0.0586 e. The summed E-state index contributed by atoms with van der Waals surface area (Å²) in [6.07, 6.45) is 55.1. The Kier molecular flexibility index (Phi) is 41.5. The van der Waals surface area contributed by atoms with E-state index in [0.717, 1.165) is 0 Å². The fraction of sp³-hybridized carbons (Fsp3) is 1.00. The lowest BCUT2D eigenvalue weighted by molar-refractivity contribution is -0.00000959. The van der Waals surface area contributed by atoms with Crippen molar-refractivity contribution >= 4 is 7.26 Å². The highest BCUT2D eigenvalue weighted by Gasteiger charge is 2.15. The zero-order valence-corrected chi connectivity index (χ0v) is 32.6. The van der Waals surface area contributed by atoms with Crippen molar-refractivity contribution in [3.05, 3.63) is 0 Å². The first-order valence-electron chi connectivity index (χ1n) is 20.4. The molecule has 0 fully saturated rings. The van der Waals surface area contributed by atoms with Gasteiger partial charge in [0.1, 0.15) is 0 Å². The van der Waals surface area contributed by atoms with Gasteiger partial charge in [0.05, 0.1) is 6.16 Å². The van der Waals surface area contributed by atoms with Gasteiger partial charge in [0.15, 0.2) is 0 Å². The lowest BCUT2D eigenvalue weighted by Crippen LogP contribution is -3.00. The first-order valence-corrected chi connectivity index (χ1v) is 23.7. The highest BCUT2D eigenvalue weighted by Crippen LogP contribution is 2.47. The van der Waals surface area contributed by atoms with E-state index in [0.29, 0.717) is 0 Å². The highest BCUT2D eigenvalue weighted by molar-refractivity contribution is 7.73. The molecule has 0 atom stereocenters. The van der Waals surface area contributed by atoms with Crippen molar-refractivity contribution in [3.8, 4) is 0 Å². The van der Waals surface area contributed by atoms with Gasteiger partial charge in [-0.05, 0) is 12.8 Å². The Morgan fingerprint density at radius 1 is 0.233 bits per heavy atom. The Bertz CT molecular complexity index is 471. The summed E-state index contributed by atoms with van der Waals surface area (Å²) >= 11 is 0. The third-order valence-electron chi connectivity index (χ3n) is 9.68. The third kappa shape index (κ3) is 44.9. The summed E-state index contributed by atoms with van der Waals surface area (Å²) in [7, 11) is -0.521. The van der Waals surface area contributed by atoms with E-state index in [2.05, 4.69) is 26.9 Å². The molecule has 0 N–H and O–H groups in total. The molecule has 0 rings (SSSR count). The molecule has 0 saturated carbocycles. The van der Waals surface area contributed by atoms with Crippen LogP contribution in [-0.2, 0) is 0 Å². The van der Waals surface area contributed by atoms with Crippen LogP contribution in [-0.4, -0.2) is 26.2 Å². The number of hydrogen-bond donors (Lipinski definition) is 0. The molecule has 0 aromatic rings. The molecule has 0 aliphatic heterocycles. The third-order valence-corrected chi connectivity index (χ3v) is 11.3. The molecule has 2 heteroatoms. The van der Waals surface area contributed by atoms with Crippen LogP contribution in [0.25, 0.3) is 0 Å². The molecule has 43 heavy (non-hydrogen) atoms. The van der Waals surface area contributed by atoms with Gasteiger partial charge in [-0.2, -0.15) is 0 Å². The Hall–Kier alpha value is 0.720. The van der Waals surface area contributed by atoms with Crippen molar-refractivity contribution < 1.29 is 12.4 Å². The van der Waals surface area contributed by atoms with E-state index in [4.69, 9.17) is 0 Å². The van der Waals surface area contributed by atoms with Crippen molar-refractivity contribution in [2.45, 2.75) is 238 Å². The molecule has 0 saturated heterocycles. The largest absolute Gasteiger partial charge is 1.00 e. The van der Waals surface area contributed by atoms with E-state index in [-0.39, 0.29) is 12.4 Å². The average Bonchev–Trinajstić information content (AvgIpc) is 2.96. The van der Waals surface area contributed by atoms with Gasteiger partial charge < -0.3 is 12.4 Å². The van der Waals surface area contributed by atoms with Gasteiger partial charge in [0, 0.05) is 27.3 Å². The van der Waals surface area contributed by atoms with E-state index < -0.39 is 7.26 Å². The summed E-state index contributed by atoms with van der Waals surface area (Å²) in [6.45, 7) is 9.76. The molecule has 0 radical (unpaired) electrons. The van der Waals surface area contributed by atoms with Crippen LogP contribution in [0, 0.1) is 0 Å². The molecule has 0 spiro atoms. The Morgan fingerprint density at radius 2 is 0.372 bits per heavy atom. The summed E-state index contributed by atoms with van der Waals surface area (Å²) in [5.74, 6) is 0. The minimum Gasteiger partial charge on any atom is -1.00 e. The second-order valence-electron chi connectivity index (χ2n) is 15.4. The smallest absolute Gasteiger partial charge is 0.0586 e. The van der Waals surface area contributed by atoms with E-state index in [1.807, 2.05) is 0 Å². The molecule has 0 aromatic carbocycles. The van der Waals surface area contributed by atoms with E-state index in [1.54, 1.807) is 0 Å².